The first-order valence-electron chi connectivity index (χ1n) is 6.04. The summed E-state index contributed by atoms with van der Waals surface area (Å²) >= 11 is 0. The lowest BCUT2D eigenvalue weighted by molar-refractivity contribution is 0.131. The maximum Gasteiger partial charge on any atom is 0.0391 e. The van der Waals surface area contributed by atoms with E-state index in [2.05, 4.69) is 16.0 Å². The predicted molar refractivity (Wildman–Crippen MR) is 55.2 cm³/mol. The van der Waals surface area contributed by atoms with Gasteiger partial charge < -0.3 is 16.0 Å². The van der Waals surface area contributed by atoms with E-state index in [0.717, 1.165) is 12.1 Å². The molecular weight excluding hydrogens is 174 g/mol. The minimum absolute atomic E-state index is 0.454. The summed E-state index contributed by atoms with van der Waals surface area (Å²) < 4.78 is 0. The maximum absolute atomic E-state index is 3.83. The summed E-state index contributed by atoms with van der Waals surface area (Å²) in [7, 11) is 0. The van der Waals surface area contributed by atoms with E-state index in [-0.39, 0.29) is 0 Å². The van der Waals surface area contributed by atoms with E-state index in [1.54, 1.807) is 0 Å². The molecule has 3 heterocycles. The average Bonchev–Trinajstić information content (AvgIpc) is 2.98. The molecule has 4 unspecified atom stereocenters. The van der Waals surface area contributed by atoms with Crippen LogP contribution >= 0.6 is 0 Å². The minimum atomic E-state index is 0.454. The second-order valence-corrected chi connectivity index (χ2v) is 5.85. The molecule has 3 N–H and O–H groups in total. The van der Waals surface area contributed by atoms with Crippen molar-refractivity contribution < 1.29 is 0 Å². The zero-order valence-corrected chi connectivity index (χ0v) is 8.60. The largest absolute Gasteiger partial charge is 0.313 e. The first kappa shape index (κ1) is 8.08. The number of nitrogens with one attached hydrogen (secondary N) is 3. The summed E-state index contributed by atoms with van der Waals surface area (Å²) in [5.41, 5.74) is 1.05. The lowest BCUT2D eigenvalue weighted by atomic mass is 9.68. The maximum atomic E-state index is 3.83. The molecule has 78 valence electrons. The summed E-state index contributed by atoms with van der Waals surface area (Å²) in [5, 5.41) is 11.2. The van der Waals surface area contributed by atoms with Crippen LogP contribution in [-0.4, -0.2) is 37.3 Å². The van der Waals surface area contributed by atoms with Crippen molar-refractivity contribution in [2.24, 2.45) is 5.41 Å². The normalized spacial score (nSPS) is 60.0. The van der Waals surface area contributed by atoms with Crippen LogP contribution in [0.5, 0.6) is 0 Å². The first-order chi connectivity index (χ1) is 6.82. The van der Waals surface area contributed by atoms with Crippen molar-refractivity contribution in [2.45, 2.75) is 43.3 Å². The Morgan fingerprint density at radius 1 is 1.00 bits per heavy atom. The molecule has 0 aromatic rings. The van der Waals surface area contributed by atoms with Crippen molar-refractivity contribution in [2.75, 3.05) is 19.6 Å². The average molecular weight is 193 g/mol. The van der Waals surface area contributed by atoms with Gasteiger partial charge in [0, 0.05) is 42.7 Å². The third kappa shape index (κ3) is 0.765. The van der Waals surface area contributed by atoms with E-state index in [0.29, 0.717) is 11.0 Å². The second-order valence-electron chi connectivity index (χ2n) is 5.85. The van der Waals surface area contributed by atoms with Gasteiger partial charge in [-0.05, 0) is 25.7 Å². The first-order valence-corrected chi connectivity index (χ1v) is 6.04. The van der Waals surface area contributed by atoms with E-state index in [4.69, 9.17) is 0 Å². The Labute approximate surface area is 85.0 Å². The molecule has 3 heteroatoms. The molecule has 3 nitrogen and oxygen atoms in total. The fourth-order valence-corrected chi connectivity index (χ4v) is 4.48. The summed E-state index contributed by atoms with van der Waals surface area (Å²) in [6.45, 7) is 3.68. The molecule has 4 rings (SSSR count). The van der Waals surface area contributed by atoms with Gasteiger partial charge in [-0.15, -0.1) is 0 Å². The summed E-state index contributed by atoms with van der Waals surface area (Å²) in [6.07, 6.45) is 5.66. The van der Waals surface area contributed by atoms with Crippen LogP contribution in [0.25, 0.3) is 0 Å². The molecule has 1 saturated carbocycles. The summed E-state index contributed by atoms with van der Waals surface area (Å²) in [4.78, 5) is 0. The Balaban J connectivity index is 1.73. The van der Waals surface area contributed by atoms with Crippen LogP contribution in [-0.2, 0) is 0 Å². The summed E-state index contributed by atoms with van der Waals surface area (Å²) in [5.74, 6) is 0. The molecule has 0 spiro atoms. The number of fused-ring (bicyclic) bond motifs is 5. The monoisotopic (exact) mass is 193 g/mol. The third-order valence-corrected chi connectivity index (χ3v) is 5.33. The van der Waals surface area contributed by atoms with Crippen LogP contribution in [0, 0.1) is 5.41 Å². The van der Waals surface area contributed by atoms with Gasteiger partial charge in [0.15, 0.2) is 0 Å². The Hall–Kier alpha value is -0.120. The van der Waals surface area contributed by atoms with Crippen molar-refractivity contribution in [1.82, 2.24) is 16.0 Å². The van der Waals surface area contributed by atoms with Crippen LogP contribution in [0.2, 0.25) is 0 Å². The Morgan fingerprint density at radius 3 is 2.36 bits per heavy atom. The molecule has 0 radical (unpaired) electrons. The Kier molecular flexibility index (Phi) is 1.35. The van der Waals surface area contributed by atoms with Crippen molar-refractivity contribution in [3.63, 3.8) is 0 Å². The standard InChI is InChI=1S/C11H19N3/c1-2-10(3-8(1)12-6-10)11-4-9(5-14-11)13-7-11/h8-9,12-14H,1-7H2. The van der Waals surface area contributed by atoms with Crippen LogP contribution in [0.3, 0.4) is 0 Å². The lowest BCUT2D eigenvalue weighted by Gasteiger charge is -2.44. The molecule has 4 fully saturated rings. The van der Waals surface area contributed by atoms with E-state index in [9.17, 15) is 0 Å². The SMILES string of the molecule is C1CC2(C34CNC(CN3)C4)CNC1C2. The predicted octanol–water partition coefficient (Wildman–Crippen LogP) is -0.168. The topological polar surface area (TPSA) is 36.1 Å². The molecule has 14 heavy (non-hydrogen) atoms. The van der Waals surface area contributed by atoms with Gasteiger partial charge >= 0.3 is 0 Å². The highest BCUT2D eigenvalue weighted by atomic mass is 15.2. The van der Waals surface area contributed by atoms with E-state index < -0.39 is 0 Å². The smallest absolute Gasteiger partial charge is 0.0391 e. The van der Waals surface area contributed by atoms with E-state index in [1.165, 1.54) is 45.3 Å². The molecular formula is C11H19N3. The fourth-order valence-electron chi connectivity index (χ4n) is 4.48. The highest BCUT2D eigenvalue weighted by molar-refractivity contribution is 5.21. The van der Waals surface area contributed by atoms with Gasteiger partial charge in [0.2, 0.25) is 0 Å². The number of hydrogen-bond acceptors (Lipinski definition) is 3. The zero-order valence-electron chi connectivity index (χ0n) is 8.60. The van der Waals surface area contributed by atoms with Gasteiger partial charge in [-0.25, -0.2) is 0 Å². The number of hydrogen-bond donors (Lipinski definition) is 3. The van der Waals surface area contributed by atoms with Crippen LogP contribution in [0.15, 0.2) is 0 Å². The van der Waals surface area contributed by atoms with Crippen LogP contribution in [0.4, 0.5) is 0 Å². The molecule has 1 aliphatic carbocycles. The van der Waals surface area contributed by atoms with E-state index >= 15 is 0 Å². The molecule has 4 atom stereocenters. The lowest BCUT2D eigenvalue weighted by Crippen LogP contribution is -2.60. The van der Waals surface area contributed by atoms with E-state index in [1.807, 2.05) is 0 Å². The molecule has 3 aliphatic heterocycles. The highest BCUT2D eigenvalue weighted by Gasteiger charge is 2.62. The fraction of sp³-hybridized carbons (Fsp3) is 1.00. The molecule has 0 aromatic carbocycles. The van der Waals surface area contributed by atoms with Crippen molar-refractivity contribution in [1.29, 1.82) is 0 Å². The van der Waals surface area contributed by atoms with Crippen molar-refractivity contribution in [3.8, 4) is 0 Å². The second kappa shape index (κ2) is 2.34. The quantitative estimate of drug-likeness (QED) is 0.541. The number of rotatable bonds is 1. The Bertz CT molecular complexity index is 232. The molecule has 4 bridgehead atoms. The van der Waals surface area contributed by atoms with Crippen molar-refractivity contribution >= 4 is 0 Å². The number of piperazine rings is 1. The van der Waals surface area contributed by atoms with Gasteiger partial charge in [0.25, 0.3) is 0 Å². The van der Waals surface area contributed by atoms with Gasteiger partial charge in [0.05, 0.1) is 0 Å². The van der Waals surface area contributed by atoms with Gasteiger partial charge in [-0.2, -0.15) is 0 Å². The van der Waals surface area contributed by atoms with Gasteiger partial charge in [0.1, 0.15) is 0 Å². The molecule has 0 amide bonds. The van der Waals surface area contributed by atoms with Gasteiger partial charge in [-0.3, -0.25) is 0 Å². The third-order valence-electron chi connectivity index (χ3n) is 5.33. The zero-order chi connectivity index (χ0) is 9.23. The van der Waals surface area contributed by atoms with Gasteiger partial charge in [-0.1, -0.05) is 0 Å². The summed E-state index contributed by atoms with van der Waals surface area (Å²) in [6, 6.07) is 1.61. The Morgan fingerprint density at radius 2 is 1.93 bits per heavy atom. The molecule has 3 saturated heterocycles. The minimum Gasteiger partial charge on any atom is -0.313 e. The number of piperidine rings is 1. The van der Waals surface area contributed by atoms with Crippen LogP contribution < -0.4 is 16.0 Å². The molecule has 0 aromatic heterocycles. The highest BCUT2D eigenvalue weighted by Crippen LogP contribution is 2.54. The van der Waals surface area contributed by atoms with Crippen molar-refractivity contribution in [3.05, 3.63) is 0 Å². The molecule has 4 aliphatic rings. The van der Waals surface area contributed by atoms with Crippen LogP contribution in [0.1, 0.15) is 25.7 Å².